The second-order valence-electron chi connectivity index (χ2n) is 7.35. The first-order valence-electron chi connectivity index (χ1n) is 9.86. The molecule has 4 rings (SSSR count). The Balaban J connectivity index is 1.72. The van der Waals surface area contributed by atoms with Crippen molar-refractivity contribution in [2.75, 3.05) is 6.61 Å². The van der Waals surface area contributed by atoms with Crippen molar-refractivity contribution in [3.8, 4) is 11.3 Å². The molecule has 3 aromatic carbocycles. The molecule has 0 saturated carbocycles. The average molecular weight is 430 g/mol. The first kappa shape index (κ1) is 20.8. The average Bonchev–Trinajstić information content (AvgIpc) is 2.78. The van der Waals surface area contributed by atoms with Crippen LogP contribution in [0.2, 0.25) is 5.02 Å². The molecule has 0 aliphatic heterocycles. The van der Waals surface area contributed by atoms with Gasteiger partial charge in [0.25, 0.3) is 0 Å². The molecule has 0 spiro atoms. The maximum Gasteiger partial charge on any atom is 0.339 e. The highest BCUT2D eigenvalue weighted by Crippen LogP contribution is 2.30. The first-order valence-corrected chi connectivity index (χ1v) is 10.2. The summed E-state index contributed by atoms with van der Waals surface area (Å²) in [6.07, 6.45) is 0. The predicted molar refractivity (Wildman–Crippen MR) is 123 cm³/mol. The molecule has 0 radical (unpaired) electrons. The number of hydrogen-bond donors (Lipinski definition) is 0. The summed E-state index contributed by atoms with van der Waals surface area (Å²) in [6.45, 7) is 3.46. The lowest BCUT2D eigenvalue weighted by Gasteiger charge is -2.14. The van der Waals surface area contributed by atoms with Crippen LogP contribution in [0.3, 0.4) is 0 Å². The summed E-state index contributed by atoms with van der Waals surface area (Å²) in [6, 6.07) is 22.0. The van der Waals surface area contributed by atoms with E-state index in [1.807, 2.05) is 62.4 Å². The lowest BCUT2D eigenvalue weighted by molar-refractivity contribution is 0.0476. The van der Waals surface area contributed by atoms with E-state index in [1.54, 1.807) is 24.3 Å². The van der Waals surface area contributed by atoms with E-state index in [-0.39, 0.29) is 12.4 Å². The topological polar surface area (TPSA) is 56.3 Å². The van der Waals surface area contributed by atoms with Gasteiger partial charge in [-0.15, -0.1) is 0 Å². The van der Waals surface area contributed by atoms with Crippen LogP contribution in [-0.2, 0) is 4.74 Å². The van der Waals surface area contributed by atoms with Crippen LogP contribution in [0, 0.1) is 13.8 Å². The Morgan fingerprint density at radius 2 is 1.65 bits per heavy atom. The molecule has 0 aliphatic carbocycles. The molecule has 0 N–H and O–H groups in total. The maximum absolute atomic E-state index is 13.1. The number of nitrogens with zero attached hydrogens (tertiary/aromatic N) is 1. The van der Waals surface area contributed by atoms with Crippen LogP contribution in [0.1, 0.15) is 31.8 Å². The fourth-order valence-electron chi connectivity index (χ4n) is 3.53. The van der Waals surface area contributed by atoms with Crippen LogP contribution in [-0.4, -0.2) is 23.3 Å². The molecule has 0 bridgehead atoms. The van der Waals surface area contributed by atoms with Crippen molar-refractivity contribution in [2.24, 2.45) is 0 Å². The summed E-state index contributed by atoms with van der Waals surface area (Å²) >= 11 is 5.87. The number of Topliss-reactive ketones (excluding diaryl/α,β-unsaturated/α-hetero) is 1. The molecule has 0 fully saturated rings. The van der Waals surface area contributed by atoms with E-state index >= 15 is 0 Å². The molecule has 0 aliphatic rings. The van der Waals surface area contributed by atoms with Crippen molar-refractivity contribution < 1.29 is 14.3 Å². The number of carbonyl (C=O) groups is 2. The number of ether oxygens (including phenoxy) is 1. The standard InChI is InChI=1S/C26H20ClNO3/c1-16-8-13-22-21(14-16)24(17(2)25(28-22)19-6-4-3-5-7-19)26(30)31-15-23(29)18-9-11-20(27)12-10-18/h3-14H,15H2,1-2H3. The number of hydrogen-bond acceptors (Lipinski definition) is 4. The number of aromatic nitrogens is 1. The minimum absolute atomic E-state index is 0.291. The number of halogens is 1. The molecule has 0 amide bonds. The summed E-state index contributed by atoms with van der Waals surface area (Å²) in [5.41, 5.74) is 4.92. The Morgan fingerprint density at radius 3 is 2.35 bits per heavy atom. The summed E-state index contributed by atoms with van der Waals surface area (Å²) in [5, 5.41) is 1.25. The van der Waals surface area contributed by atoms with Crippen LogP contribution < -0.4 is 0 Å². The normalized spacial score (nSPS) is 10.8. The molecule has 4 nitrogen and oxygen atoms in total. The van der Waals surface area contributed by atoms with E-state index in [1.165, 1.54) is 0 Å². The van der Waals surface area contributed by atoms with E-state index in [4.69, 9.17) is 21.3 Å². The summed E-state index contributed by atoms with van der Waals surface area (Å²) in [7, 11) is 0. The van der Waals surface area contributed by atoms with Crippen LogP contribution in [0.5, 0.6) is 0 Å². The zero-order valence-corrected chi connectivity index (χ0v) is 17.9. The lowest BCUT2D eigenvalue weighted by Crippen LogP contribution is -2.16. The van der Waals surface area contributed by atoms with Gasteiger partial charge < -0.3 is 4.74 Å². The number of esters is 1. The number of fused-ring (bicyclic) bond motifs is 1. The number of carbonyl (C=O) groups excluding carboxylic acids is 2. The van der Waals surface area contributed by atoms with Crippen molar-refractivity contribution in [3.63, 3.8) is 0 Å². The first-order chi connectivity index (χ1) is 14.9. The number of ketones is 1. The van der Waals surface area contributed by atoms with E-state index in [0.29, 0.717) is 38.3 Å². The monoisotopic (exact) mass is 429 g/mol. The molecule has 4 aromatic rings. The second-order valence-corrected chi connectivity index (χ2v) is 7.79. The summed E-state index contributed by atoms with van der Waals surface area (Å²) in [4.78, 5) is 30.4. The van der Waals surface area contributed by atoms with Gasteiger partial charge >= 0.3 is 5.97 Å². The highest BCUT2D eigenvalue weighted by atomic mass is 35.5. The molecule has 1 aromatic heterocycles. The molecule has 0 unspecified atom stereocenters. The minimum atomic E-state index is -0.546. The molecular weight excluding hydrogens is 410 g/mol. The molecular formula is C26H20ClNO3. The van der Waals surface area contributed by atoms with Crippen LogP contribution in [0.15, 0.2) is 72.8 Å². The van der Waals surface area contributed by atoms with E-state index in [0.717, 1.165) is 11.1 Å². The lowest BCUT2D eigenvalue weighted by atomic mass is 9.97. The fourth-order valence-corrected chi connectivity index (χ4v) is 3.66. The molecule has 0 atom stereocenters. The number of pyridine rings is 1. The van der Waals surface area contributed by atoms with E-state index in [2.05, 4.69) is 0 Å². The summed E-state index contributed by atoms with van der Waals surface area (Å²) < 4.78 is 5.44. The predicted octanol–water partition coefficient (Wildman–Crippen LogP) is 6.21. The van der Waals surface area contributed by atoms with Gasteiger partial charge in [0.05, 0.1) is 16.8 Å². The maximum atomic E-state index is 13.1. The van der Waals surface area contributed by atoms with Crippen LogP contribution in [0.25, 0.3) is 22.2 Å². The highest BCUT2D eigenvalue weighted by molar-refractivity contribution is 6.30. The molecule has 31 heavy (non-hydrogen) atoms. The smallest absolute Gasteiger partial charge is 0.339 e. The van der Waals surface area contributed by atoms with Crippen molar-refractivity contribution in [1.29, 1.82) is 0 Å². The Kier molecular flexibility index (Phi) is 5.83. The highest BCUT2D eigenvalue weighted by Gasteiger charge is 2.21. The van der Waals surface area contributed by atoms with Gasteiger partial charge in [-0.1, -0.05) is 53.6 Å². The largest absolute Gasteiger partial charge is 0.454 e. The third-order valence-corrected chi connectivity index (χ3v) is 5.39. The molecule has 5 heteroatoms. The van der Waals surface area contributed by atoms with Crippen molar-refractivity contribution in [2.45, 2.75) is 13.8 Å². The van der Waals surface area contributed by atoms with Gasteiger partial charge in [-0.2, -0.15) is 0 Å². The number of benzene rings is 3. The number of rotatable bonds is 5. The Hall–Kier alpha value is -3.50. The Bertz CT molecular complexity index is 1280. The van der Waals surface area contributed by atoms with Gasteiger partial charge in [-0.25, -0.2) is 9.78 Å². The van der Waals surface area contributed by atoms with Gasteiger partial charge in [0.2, 0.25) is 0 Å². The van der Waals surface area contributed by atoms with E-state index in [9.17, 15) is 9.59 Å². The molecule has 0 saturated heterocycles. The van der Waals surface area contributed by atoms with Crippen molar-refractivity contribution >= 4 is 34.3 Å². The molecule has 1 heterocycles. The summed E-state index contributed by atoms with van der Waals surface area (Å²) in [5.74, 6) is -0.838. The zero-order chi connectivity index (χ0) is 22.0. The van der Waals surface area contributed by atoms with Crippen LogP contribution in [0.4, 0.5) is 0 Å². The van der Waals surface area contributed by atoms with Crippen LogP contribution >= 0.6 is 11.6 Å². The Morgan fingerprint density at radius 1 is 0.935 bits per heavy atom. The second kappa shape index (κ2) is 8.70. The van der Waals surface area contributed by atoms with Crippen molar-refractivity contribution in [1.82, 2.24) is 4.98 Å². The third-order valence-electron chi connectivity index (χ3n) is 5.14. The molecule has 154 valence electrons. The van der Waals surface area contributed by atoms with E-state index < -0.39 is 5.97 Å². The Labute approximate surface area is 185 Å². The fraction of sp³-hybridized carbons (Fsp3) is 0.115. The van der Waals surface area contributed by atoms with Crippen molar-refractivity contribution in [3.05, 3.63) is 100 Å². The third kappa shape index (κ3) is 4.35. The van der Waals surface area contributed by atoms with Gasteiger partial charge in [0.15, 0.2) is 12.4 Å². The zero-order valence-electron chi connectivity index (χ0n) is 17.2. The van der Waals surface area contributed by atoms with Gasteiger partial charge in [0.1, 0.15) is 0 Å². The van der Waals surface area contributed by atoms with Gasteiger partial charge in [-0.05, 0) is 55.8 Å². The van der Waals surface area contributed by atoms with Gasteiger partial charge in [0, 0.05) is 21.5 Å². The number of aryl methyl sites for hydroxylation is 1. The minimum Gasteiger partial charge on any atom is -0.454 e. The SMILES string of the molecule is Cc1ccc2nc(-c3ccccc3)c(C)c(C(=O)OCC(=O)c3ccc(Cl)cc3)c2c1. The van der Waals surface area contributed by atoms with Gasteiger partial charge in [-0.3, -0.25) is 4.79 Å². The quantitative estimate of drug-likeness (QED) is 0.279.